The van der Waals surface area contributed by atoms with Gasteiger partial charge in [0.05, 0.1) is 7.11 Å². The van der Waals surface area contributed by atoms with Gasteiger partial charge in [0.2, 0.25) is 0 Å². The zero-order valence-electron chi connectivity index (χ0n) is 6.52. The minimum atomic E-state index is -0.373. The molecule has 0 heterocycles. The van der Waals surface area contributed by atoms with Crippen molar-refractivity contribution in [3.8, 4) is 0 Å². The zero-order valence-corrected chi connectivity index (χ0v) is 6.52. The van der Waals surface area contributed by atoms with Gasteiger partial charge in [-0.3, -0.25) is 0 Å². The second-order valence-electron chi connectivity index (χ2n) is 1.02. The number of rotatable bonds is 1. The standard InChI is InChI=1S/C4H9NO2.C2H6/c1-3-5-4(6)7-2;1-2/h3H2,1-2H3,(H,5,6);1-2H3. The lowest BCUT2D eigenvalue weighted by Gasteiger charge is -1.95. The van der Waals surface area contributed by atoms with Crippen LogP contribution in [0.15, 0.2) is 0 Å². The minimum absolute atomic E-state index is 0.373. The van der Waals surface area contributed by atoms with Crippen LogP contribution in [-0.2, 0) is 4.74 Å². The molecule has 0 bridgehead atoms. The van der Waals surface area contributed by atoms with Gasteiger partial charge >= 0.3 is 6.09 Å². The van der Waals surface area contributed by atoms with Crippen molar-refractivity contribution in [1.29, 1.82) is 0 Å². The van der Waals surface area contributed by atoms with Gasteiger partial charge in [-0.2, -0.15) is 0 Å². The summed E-state index contributed by atoms with van der Waals surface area (Å²) in [7, 11) is 1.34. The Hall–Kier alpha value is -0.730. The largest absolute Gasteiger partial charge is 0.453 e. The predicted molar refractivity (Wildman–Crippen MR) is 37.4 cm³/mol. The molecule has 0 atom stereocenters. The van der Waals surface area contributed by atoms with Crippen molar-refractivity contribution >= 4 is 6.09 Å². The van der Waals surface area contributed by atoms with E-state index in [1.54, 1.807) is 0 Å². The molecule has 0 saturated carbocycles. The number of carbonyl (C=O) groups is 1. The summed E-state index contributed by atoms with van der Waals surface area (Å²) in [4.78, 5) is 10.1. The summed E-state index contributed by atoms with van der Waals surface area (Å²) in [5, 5.41) is 2.43. The van der Waals surface area contributed by atoms with Gasteiger partial charge in [0.15, 0.2) is 0 Å². The topological polar surface area (TPSA) is 38.3 Å². The van der Waals surface area contributed by atoms with Gasteiger partial charge in [-0.25, -0.2) is 4.79 Å². The Labute approximate surface area is 56.4 Å². The molecular formula is C6H15NO2. The van der Waals surface area contributed by atoms with E-state index in [4.69, 9.17) is 0 Å². The first kappa shape index (κ1) is 11.1. The van der Waals surface area contributed by atoms with E-state index in [2.05, 4.69) is 10.1 Å². The normalized spacial score (nSPS) is 6.67. The number of hydrogen-bond donors (Lipinski definition) is 1. The van der Waals surface area contributed by atoms with E-state index in [0.29, 0.717) is 6.54 Å². The molecule has 1 N–H and O–H groups in total. The molecule has 0 saturated heterocycles. The highest BCUT2D eigenvalue weighted by Gasteiger charge is 1.89. The molecule has 3 nitrogen and oxygen atoms in total. The second-order valence-corrected chi connectivity index (χ2v) is 1.02. The van der Waals surface area contributed by atoms with E-state index >= 15 is 0 Å². The number of carbonyl (C=O) groups excluding carboxylic acids is 1. The van der Waals surface area contributed by atoms with Gasteiger partial charge in [0, 0.05) is 6.54 Å². The smallest absolute Gasteiger partial charge is 0.406 e. The number of amides is 1. The highest BCUT2D eigenvalue weighted by molar-refractivity contribution is 5.66. The van der Waals surface area contributed by atoms with Crippen LogP contribution in [0.4, 0.5) is 4.79 Å². The molecule has 0 aromatic carbocycles. The molecule has 0 aliphatic heterocycles. The Balaban J connectivity index is 0. The van der Waals surface area contributed by atoms with Crippen LogP contribution in [0, 0.1) is 0 Å². The van der Waals surface area contributed by atoms with E-state index in [0.717, 1.165) is 0 Å². The van der Waals surface area contributed by atoms with E-state index < -0.39 is 0 Å². The number of nitrogens with one attached hydrogen (secondary N) is 1. The predicted octanol–water partition coefficient (Wildman–Crippen LogP) is 1.39. The van der Waals surface area contributed by atoms with Crippen LogP contribution in [0.25, 0.3) is 0 Å². The first-order valence-electron chi connectivity index (χ1n) is 3.13. The molecule has 0 aliphatic rings. The third kappa shape index (κ3) is 11.1. The fourth-order valence-corrected chi connectivity index (χ4v) is 0.217. The fraction of sp³-hybridized carbons (Fsp3) is 0.833. The van der Waals surface area contributed by atoms with Gasteiger partial charge in [-0.15, -0.1) is 0 Å². The molecular weight excluding hydrogens is 118 g/mol. The molecule has 1 amide bonds. The maximum atomic E-state index is 10.1. The van der Waals surface area contributed by atoms with Crippen LogP contribution >= 0.6 is 0 Å². The number of methoxy groups -OCH3 is 1. The Bertz CT molecular complexity index is 64.1. The monoisotopic (exact) mass is 133 g/mol. The second kappa shape index (κ2) is 10.3. The Morgan fingerprint density at radius 3 is 2.11 bits per heavy atom. The summed E-state index contributed by atoms with van der Waals surface area (Å²) < 4.78 is 4.24. The average molecular weight is 133 g/mol. The molecule has 3 heteroatoms. The lowest BCUT2D eigenvalue weighted by atomic mass is 10.8. The van der Waals surface area contributed by atoms with Crippen LogP contribution in [0.3, 0.4) is 0 Å². The summed E-state index contributed by atoms with van der Waals surface area (Å²) in [5.74, 6) is 0. The van der Waals surface area contributed by atoms with Gasteiger partial charge < -0.3 is 10.1 Å². The SMILES string of the molecule is CC.CCNC(=O)OC. The average Bonchev–Trinajstić information content (AvgIpc) is 1.93. The maximum absolute atomic E-state index is 10.1. The van der Waals surface area contributed by atoms with Gasteiger partial charge in [-0.1, -0.05) is 13.8 Å². The lowest BCUT2D eigenvalue weighted by Crippen LogP contribution is -2.21. The minimum Gasteiger partial charge on any atom is -0.453 e. The van der Waals surface area contributed by atoms with Crippen molar-refractivity contribution in [3.63, 3.8) is 0 Å². The van der Waals surface area contributed by atoms with Crippen LogP contribution in [0.5, 0.6) is 0 Å². The zero-order chi connectivity index (χ0) is 7.70. The highest BCUT2D eigenvalue weighted by Crippen LogP contribution is 1.66. The van der Waals surface area contributed by atoms with Crippen LogP contribution < -0.4 is 5.32 Å². The summed E-state index contributed by atoms with van der Waals surface area (Å²) >= 11 is 0. The molecule has 0 unspecified atom stereocenters. The first-order chi connectivity index (χ1) is 4.31. The summed E-state index contributed by atoms with van der Waals surface area (Å²) in [5.41, 5.74) is 0. The number of hydrogen-bond acceptors (Lipinski definition) is 2. The van der Waals surface area contributed by atoms with Crippen molar-refractivity contribution in [1.82, 2.24) is 5.32 Å². The molecule has 56 valence electrons. The summed E-state index contributed by atoms with van der Waals surface area (Å²) in [6, 6.07) is 0. The fourth-order valence-electron chi connectivity index (χ4n) is 0.217. The molecule has 0 aromatic rings. The molecule has 9 heavy (non-hydrogen) atoms. The van der Waals surface area contributed by atoms with E-state index in [1.807, 2.05) is 20.8 Å². The number of alkyl carbamates (subject to hydrolysis) is 1. The van der Waals surface area contributed by atoms with E-state index in [-0.39, 0.29) is 6.09 Å². The van der Waals surface area contributed by atoms with Crippen molar-refractivity contribution in [2.75, 3.05) is 13.7 Å². The summed E-state index contributed by atoms with van der Waals surface area (Å²) in [6.07, 6.45) is -0.373. The quantitative estimate of drug-likeness (QED) is 0.587. The molecule has 0 aromatic heterocycles. The van der Waals surface area contributed by atoms with Crippen LogP contribution in [0.2, 0.25) is 0 Å². The molecule has 0 spiro atoms. The van der Waals surface area contributed by atoms with Gasteiger partial charge in [-0.05, 0) is 6.92 Å². The van der Waals surface area contributed by atoms with E-state index in [1.165, 1.54) is 7.11 Å². The summed E-state index contributed by atoms with van der Waals surface area (Å²) in [6.45, 7) is 6.45. The maximum Gasteiger partial charge on any atom is 0.406 e. The molecule has 0 aliphatic carbocycles. The van der Waals surface area contributed by atoms with Crippen LogP contribution in [-0.4, -0.2) is 19.7 Å². The van der Waals surface area contributed by atoms with E-state index in [9.17, 15) is 4.79 Å². The highest BCUT2D eigenvalue weighted by atomic mass is 16.5. The Morgan fingerprint density at radius 2 is 2.00 bits per heavy atom. The Morgan fingerprint density at radius 1 is 1.56 bits per heavy atom. The van der Waals surface area contributed by atoms with Gasteiger partial charge in [0.25, 0.3) is 0 Å². The Kier molecular flexibility index (Phi) is 12.7. The third-order valence-corrected chi connectivity index (χ3v) is 0.507. The number of ether oxygens (including phenoxy) is 1. The molecule has 0 fully saturated rings. The first-order valence-corrected chi connectivity index (χ1v) is 3.13. The van der Waals surface area contributed by atoms with Crippen molar-refractivity contribution in [3.05, 3.63) is 0 Å². The molecule has 0 radical (unpaired) electrons. The van der Waals surface area contributed by atoms with Crippen molar-refractivity contribution in [2.45, 2.75) is 20.8 Å². The third-order valence-electron chi connectivity index (χ3n) is 0.507. The van der Waals surface area contributed by atoms with Crippen molar-refractivity contribution in [2.24, 2.45) is 0 Å². The molecule has 0 rings (SSSR count). The van der Waals surface area contributed by atoms with Crippen LogP contribution in [0.1, 0.15) is 20.8 Å². The lowest BCUT2D eigenvalue weighted by molar-refractivity contribution is 0.171. The van der Waals surface area contributed by atoms with Gasteiger partial charge in [0.1, 0.15) is 0 Å². The van der Waals surface area contributed by atoms with Crippen molar-refractivity contribution < 1.29 is 9.53 Å².